The topological polar surface area (TPSA) is 0 Å². The molecule has 2 aliphatic rings. The van der Waals surface area contributed by atoms with E-state index in [4.69, 9.17) is 0 Å². The molecular weight excluding hydrogens is 227 g/mol. The molecule has 0 amide bonds. The van der Waals surface area contributed by atoms with Gasteiger partial charge < -0.3 is 17.0 Å². The van der Waals surface area contributed by atoms with Crippen LogP contribution in [0.2, 0.25) is 0 Å². The van der Waals surface area contributed by atoms with E-state index in [1.807, 2.05) is 0 Å². The standard InChI is InChI=1S/C5H5Br.BrH.Li/c6-4-3-5(4)1-2-5;;/h4H,1-2H2;1H;/q;;+1/p-1. The number of rotatable bonds is 0. The minimum absolute atomic E-state index is 0. The molecule has 2 saturated carbocycles. The summed E-state index contributed by atoms with van der Waals surface area (Å²) in [5.74, 6) is 0. The molecule has 0 nitrogen and oxygen atoms in total. The molecule has 1 atom stereocenters. The van der Waals surface area contributed by atoms with Crippen molar-refractivity contribution in [2.24, 2.45) is 5.41 Å². The van der Waals surface area contributed by atoms with E-state index in [0.717, 1.165) is 0 Å². The Bertz CT molecular complexity index is 90.4. The molecule has 2 rings (SSSR count). The molecule has 1 unspecified atom stereocenters. The van der Waals surface area contributed by atoms with Crippen LogP contribution in [-0.2, 0) is 0 Å². The van der Waals surface area contributed by atoms with Crippen LogP contribution < -0.4 is 35.8 Å². The van der Waals surface area contributed by atoms with Crippen molar-refractivity contribution in [1.82, 2.24) is 0 Å². The van der Waals surface area contributed by atoms with E-state index in [1.165, 1.54) is 12.8 Å². The van der Waals surface area contributed by atoms with Gasteiger partial charge in [-0.15, -0.1) is 0 Å². The monoisotopic (exact) mass is 230 g/mol. The van der Waals surface area contributed by atoms with Crippen LogP contribution in [0.3, 0.4) is 0 Å². The molecule has 0 saturated heterocycles. The van der Waals surface area contributed by atoms with Crippen molar-refractivity contribution < 1.29 is 35.8 Å². The normalized spacial score (nSPS) is 34.9. The fraction of sp³-hybridized carbons (Fsp3) is 0.800. The third kappa shape index (κ3) is 1.34. The molecule has 0 aliphatic heterocycles. The summed E-state index contributed by atoms with van der Waals surface area (Å²) in [7, 11) is 0. The van der Waals surface area contributed by atoms with E-state index in [-0.39, 0.29) is 35.8 Å². The Balaban J connectivity index is 0.000000245. The van der Waals surface area contributed by atoms with Crippen LogP contribution in [0.4, 0.5) is 0 Å². The second kappa shape index (κ2) is 2.66. The molecule has 3 heteroatoms. The van der Waals surface area contributed by atoms with E-state index in [1.54, 1.807) is 0 Å². The molecular formula is C5H5Br2Li. The van der Waals surface area contributed by atoms with Crippen molar-refractivity contribution in [3.8, 4) is 0 Å². The van der Waals surface area contributed by atoms with Crippen LogP contribution >= 0.6 is 15.9 Å². The van der Waals surface area contributed by atoms with E-state index in [9.17, 15) is 0 Å². The predicted octanol–water partition coefficient (Wildman–Crippen LogP) is -4.37. The Morgan fingerprint density at radius 3 is 1.88 bits per heavy atom. The molecule has 2 radical (unpaired) electrons. The van der Waals surface area contributed by atoms with Crippen molar-refractivity contribution in [2.75, 3.05) is 0 Å². The smallest absolute Gasteiger partial charge is 1.00 e. The van der Waals surface area contributed by atoms with Crippen molar-refractivity contribution >= 4 is 15.9 Å². The summed E-state index contributed by atoms with van der Waals surface area (Å²) in [6.45, 7) is 0. The quantitative estimate of drug-likeness (QED) is 0.292. The van der Waals surface area contributed by atoms with Gasteiger partial charge in [-0.2, -0.15) is 0 Å². The first kappa shape index (κ1) is 9.56. The van der Waals surface area contributed by atoms with Gasteiger partial charge in [0.1, 0.15) is 0 Å². The summed E-state index contributed by atoms with van der Waals surface area (Å²) in [6, 6.07) is 0. The van der Waals surface area contributed by atoms with Gasteiger partial charge in [-0.25, -0.2) is 0 Å². The largest absolute Gasteiger partial charge is 1.00 e. The third-order valence-electron chi connectivity index (χ3n) is 1.60. The Labute approximate surface area is 80.9 Å². The van der Waals surface area contributed by atoms with Gasteiger partial charge in [0, 0.05) is 11.2 Å². The van der Waals surface area contributed by atoms with Gasteiger partial charge in [-0.05, 0) is 18.3 Å². The summed E-state index contributed by atoms with van der Waals surface area (Å²) in [6.07, 6.45) is 6.08. The summed E-state index contributed by atoms with van der Waals surface area (Å²) in [5, 5.41) is 0. The number of hydrogen-bond donors (Lipinski definition) is 0. The van der Waals surface area contributed by atoms with Crippen molar-refractivity contribution in [1.29, 1.82) is 0 Å². The Hall–Kier alpha value is 1.56. The van der Waals surface area contributed by atoms with Crippen molar-refractivity contribution in [2.45, 2.75) is 17.7 Å². The first-order chi connectivity index (χ1) is 2.83. The Kier molecular flexibility index (Phi) is 3.18. The summed E-state index contributed by atoms with van der Waals surface area (Å²) in [4.78, 5) is 0.671. The molecule has 0 aromatic heterocycles. The maximum atomic E-state index is 3.45. The summed E-state index contributed by atoms with van der Waals surface area (Å²) >= 11 is 3.45. The summed E-state index contributed by atoms with van der Waals surface area (Å²) < 4.78 is 0. The average molecular weight is 232 g/mol. The number of hydrogen-bond acceptors (Lipinski definition) is 0. The first-order valence-electron chi connectivity index (χ1n) is 2.25. The van der Waals surface area contributed by atoms with E-state index < -0.39 is 0 Å². The van der Waals surface area contributed by atoms with Gasteiger partial charge in [-0.1, -0.05) is 15.9 Å². The van der Waals surface area contributed by atoms with Crippen LogP contribution in [0.15, 0.2) is 0 Å². The van der Waals surface area contributed by atoms with Gasteiger partial charge in [-0.3, -0.25) is 0 Å². The van der Waals surface area contributed by atoms with Crippen LogP contribution in [-0.4, -0.2) is 4.83 Å². The van der Waals surface area contributed by atoms with Crippen LogP contribution in [0, 0.1) is 11.8 Å². The fourth-order valence-corrected chi connectivity index (χ4v) is 1.66. The molecule has 0 bridgehead atoms. The minimum atomic E-state index is 0. The number of halogens is 2. The van der Waals surface area contributed by atoms with E-state index in [0.29, 0.717) is 10.2 Å². The molecule has 0 heterocycles. The molecule has 2 aliphatic carbocycles. The fourth-order valence-electron chi connectivity index (χ4n) is 0.743. The maximum Gasteiger partial charge on any atom is 1.00 e. The van der Waals surface area contributed by atoms with Crippen molar-refractivity contribution in [3.63, 3.8) is 0 Å². The number of alkyl halides is 1. The van der Waals surface area contributed by atoms with E-state index in [2.05, 4.69) is 22.4 Å². The average Bonchev–Trinajstić information content (AvgIpc) is 2.25. The van der Waals surface area contributed by atoms with Crippen LogP contribution in [0.1, 0.15) is 12.8 Å². The van der Waals surface area contributed by atoms with Crippen LogP contribution in [0.5, 0.6) is 0 Å². The zero-order valence-electron chi connectivity index (χ0n) is 4.75. The van der Waals surface area contributed by atoms with Gasteiger partial charge in [0.2, 0.25) is 0 Å². The third-order valence-corrected chi connectivity index (χ3v) is 2.71. The summed E-state index contributed by atoms with van der Waals surface area (Å²) in [5.41, 5.74) is 0.625. The molecule has 40 valence electrons. The van der Waals surface area contributed by atoms with Gasteiger partial charge in [0.05, 0.1) is 0 Å². The SMILES string of the molecule is BrC1[C]C12CC2.[Br-].[Li+]. The van der Waals surface area contributed by atoms with Crippen molar-refractivity contribution in [3.05, 3.63) is 6.42 Å². The zero-order valence-corrected chi connectivity index (χ0v) is 7.92. The maximum absolute atomic E-state index is 3.45. The molecule has 8 heavy (non-hydrogen) atoms. The molecule has 2 fully saturated rings. The second-order valence-electron chi connectivity index (χ2n) is 2.16. The van der Waals surface area contributed by atoms with Crippen LogP contribution in [0.25, 0.3) is 0 Å². The molecule has 0 aromatic carbocycles. The Morgan fingerprint density at radius 1 is 1.50 bits per heavy atom. The minimum Gasteiger partial charge on any atom is -1.00 e. The molecule has 1 spiro atoms. The van der Waals surface area contributed by atoms with Gasteiger partial charge in [0.15, 0.2) is 0 Å². The van der Waals surface area contributed by atoms with E-state index >= 15 is 0 Å². The van der Waals surface area contributed by atoms with Gasteiger partial charge in [0.25, 0.3) is 0 Å². The zero-order chi connectivity index (χ0) is 4.20. The Morgan fingerprint density at radius 2 is 1.88 bits per heavy atom. The molecule has 0 aromatic rings. The second-order valence-corrected chi connectivity index (χ2v) is 3.08. The van der Waals surface area contributed by atoms with Gasteiger partial charge >= 0.3 is 18.9 Å². The molecule has 0 N–H and O–H groups in total. The first-order valence-corrected chi connectivity index (χ1v) is 3.17. The predicted molar refractivity (Wildman–Crippen MR) is 27.6 cm³/mol.